The zero-order chi connectivity index (χ0) is 19.2. The maximum absolute atomic E-state index is 12.9. The van der Waals surface area contributed by atoms with Crippen LogP contribution in [-0.2, 0) is 6.54 Å². The predicted molar refractivity (Wildman–Crippen MR) is 114 cm³/mol. The summed E-state index contributed by atoms with van der Waals surface area (Å²) in [6, 6.07) is 9.59. The van der Waals surface area contributed by atoms with Crippen LogP contribution in [0.1, 0.15) is 5.56 Å². The van der Waals surface area contributed by atoms with Crippen LogP contribution in [-0.4, -0.2) is 59.2 Å². The van der Waals surface area contributed by atoms with Crippen LogP contribution in [0, 0.1) is 0 Å². The first kappa shape index (κ1) is 19.6. The average molecular weight is 402 g/mol. The molecule has 142 valence electrons. The van der Waals surface area contributed by atoms with E-state index in [1.165, 1.54) is 0 Å². The van der Waals surface area contributed by atoms with Crippen LogP contribution in [0.3, 0.4) is 0 Å². The molecule has 3 rings (SSSR count). The summed E-state index contributed by atoms with van der Waals surface area (Å²) in [6.07, 6.45) is 5.55. The number of nitrogens with one attached hydrogen (secondary N) is 1. The van der Waals surface area contributed by atoms with E-state index >= 15 is 0 Å². The number of aromatic nitrogens is 2. The maximum atomic E-state index is 12.9. The minimum Gasteiger partial charge on any atom is -0.319 e. The Morgan fingerprint density at radius 2 is 2.11 bits per heavy atom. The highest BCUT2D eigenvalue weighted by Gasteiger charge is 2.15. The number of pyridine rings is 1. The Kier molecular flexibility index (Phi) is 6.65. The number of hydrogen-bond acceptors (Lipinski definition) is 6. The zero-order valence-corrected chi connectivity index (χ0v) is 17.3. The molecule has 0 radical (unpaired) electrons. The summed E-state index contributed by atoms with van der Waals surface area (Å²) in [5, 5.41) is 3.03. The van der Waals surface area contributed by atoms with Crippen molar-refractivity contribution in [2.45, 2.75) is 10.9 Å². The number of thioether (sulfide) groups is 1. The van der Waals surface area contributed by atoms with Gasteiger partial charge in [0.25, 0.3) is 0 Å². The van der Waals surface area contributed by atoms with Crippen LogP contribution in [0.15, 0.2) is 47.1 Å². The van der Waals surface area contributed by atoms with E-state index < -0.39 is 0 Å². The molecule has 1 N–H and O–H groups in total. The molecule has 6 nitrogen and oxygen atoms in total. The highest BCUT2D eigenvalue weighted by atomic mass is 32.2. The van der Waals surface area contributed by atoms with E-state index in [2.05, 4.69) is 20.2 Å². The highest BCUT2D eigenvalue weighted by Crippen LogP contribution is 2.30. The van der Waals surface area contributed by atoms with Crippen molar-refractivity contribution in [3.8, 4) is 0 Å². The molecule has 0 saturated heterocycles. The van der Waals surface area contributed by atoms with E-state index in [1.807, 2.05) is 50.7 Å². The zero-order valence-electron chi connectivity index (χ0n) is 15.7. The number of amides is 2. The molecule has 0 spiro atoms. The molecule has 0 unspecified atom stereocenters. The smallest absolute Gasteiger partial charge is 0.319 e. The SMILES string of the molecule is CSc1nc2ccc(NC(=O)N(CCN(C)C)Cc3cccnc3)cc2s1. The van der Waals surface area contributed by atoms with Crippen LogP contribution in [0.4, 0.5) is 10.5 Å². The van der Waals surface area contributed by atoms with E-state index in [0.717, 1.165) is 32.4 Å². The van der Waals surface area contributed by atoms with Gasteiger partial charge in [-0.15, -0.1) is 11.3 Å². The molecule has 1 aromatic carbocycles. The van der Waals surface area contributed by atoms with Crippen LogP contribution in [0.2, 0.25) is 0 Å². The lowest BCUT2D eigenvalue weighted by Gasteiger charge is -2.24. The van der Waals surface area contributed by atoms with Gasteiger partial charge in [0.2, 0.25) is 0 Å². The Morgan fingerprint density at radius 1 is 1.26 bits per heavy atom. The largest absolute Gasteiger partial charge is 0.322 e. The fourth-order valence-corrected chi connectivity index (χ4v) is 4.08. The summed E-state index contributed by atoms with van der Waals surface area (Å²) in [5.41, 5.74) is 2.75. The minimum atomic E-state index is -0.116. The summed E-state index contributed by atoms with van der Waals surface area (Å²) in [7, 11) is 4.00. The van der Waals surface area contributed by atoms with Gasteiger partial charge in [-0.25, -0.2) is 9.78 Å². The number of fused-ring (bicyclic) bond motifs is 1. The second-order valence-electron chi connectivity index (χ2n) is 6.38. The Hall–Kier alpha value is -2.16. The van der Waals surface area contributed by atoms with Gasteiger partial charge in [-0.1, -0.05) is 17.8 Å². The number of rotatable bonds is 7. The molecule has 0 aliphatic carbocycles. The first-order valence-electron chi connectivity index (χ1n) is 8.59. The lowest BCUT2D eigenvalue weighted by Crippen LogP contribution is -2.39. The summed E-state index contributed by atoms with van der Waals surface area (Å²) in [5.74, 6) is 0. The topological polar surface area (TPSA) is 61.4 Å². The van der Waals surface area contributed by atoms with Gasteiger partial charge in [-0.3, -0.25) is 4.98 Å². The molecular formula is C19H23N5OS2. The molecule has 27 heavy (non-hydrogen) atoms. The van der Waals surface area contributed by atoms with Gasteiger partial charge < -0.3 is 15.1 Å². The van der Waals surface area contributed by atoms with Crippen LogP contribution in [0.25, 0.3) is 10.2 Å². The Balaban J connectivity index is 1.74. The van der Waals surface area contributed by atoms with Gasteiger partial charge in [0.1, 0.15) is 0 Å². The first-order valence-corrected chi connectivity index (χ1v) is 10.6. The van der Waals surface area contributed by atoms with Gasteiger partial charge in [0.15, 0.2) is 4.34 Å². The third-order valence-electron chi connectivity index (χ3n) is 4.00. The van der Waals surface area contributed by atoms with E-state index in [1.54, 1.807) is 40.4 Å². The van der Waals surface area contributed by atoms with Crippen molar-refractivity contribution < 1.29 is 4.79 Å². The van der Waals surface area contributed by atoms with Crippen molar-refractivity contribution in [2.75, 3.05) is 38.8 Å². The number of nitrogens with zero attached hydrogens (tertiary/aromatic N) is 4. The Labute approximate surface area is 167 Å². The van der Waals surface area contributed by atoms with Gasteiger partial charge in [-0.05, 0) is 50.2 Å². The fraction of sp³-hybridized carbons (Fsp3) is 0.316. The van der Waals surface area contributed by atoms with Gasteiger partial charge in [0.05, 0.1) is 10.2 Å². The monoisotopic (exact) mass is 401 g/mol. The molecule has 0 bridgehead atoms. The summed E-state index contributed by atoms with van der Waals surface area (Å²) < 4.78 is 2.10. The third kappa shape index (κ3) is 5.41. The average Bonchev–Trinajstić information content (AvgIpc) is 3.08. The summed E-state index contributed by atoms with van der Waals surface area (Å²) in [6.45, 7) is 1.94. The number of carbonyl (C=O) groups is 1. The van der Waals surface area contributed by atoms with E-state index in [0.29, 0.717) is 13.1 Å². The second kappa shape index (κ2) is 9.16. The molecule has 2 aromatic heterocycles. The molecule has 2 heterocycles. The lowest BCUT2D eigenvalue weighted by molar-refractivity contribution is 0.202. The number of likely N-dealkylation sites (N-methyl/N-ethyl adjacent to an activating group) is 1. The normalized spacial score (nSPS) is 11.1. The standard InChI is InChI=1S/C19H23N5OS2/c1-23(2)9-10-24(13-14-5-4-8-20-12-14)18(25)21-15-6-7-16-17(11-15)27-19(22-16)26-3/h4-8,11-12H,9-10,13H2,1-3H3,(H,21,25). The van der Waals surface area contributed by atoms with Crippen molar-refractivity contribution in [3.05, 3.63) is 48.3 Å². The van der Waals surface area contributed by atoms with E-state index in [9.17, 15) is 4.79 Å². The number of hydrogen-bond donors (Lipinski definition) is 1. The molecule has 0 aliphatic heterocycles. The van der Waals surface area contributed by atoms with Crippen molar-refractivity contribution >= 4 is 45.0 Å². The molecule has 0 fully saturated rings. The van der Waals surface area contributed by atoms with Gasteiger partial charge in [-0.2, -0.15) is 0 Å². The molecule has 3 aromatic rings. The Bertz CT molecular complexity index is 898. The molecule has 2 amide bonds. The number of thiazole rings is 1. The van der Waals surface area contributed by atoms with Crippen molar-refractivity contribution in [3.63, 3.8) is 0 Å². The molecule has 0 atom stereocenters. The number of urea groups is 1. The summed E-state index contributed by atoms with van der Waals surface area (Å²) in [4.78, 5) is 25.4. The molecular weight excluding hydrogens is 378 g/mol. The van der Waals surface area contributed by atoms with E-state index in [-0.39, 0.29) is 6.03 Å². The number of carbonyl (C=O) groups excluding carboxylic acids is 1. The maximum Gasteiger partial charge on any atom is 0.322 e. The van der Waals surface area contributed by atoms with Crippen LogP contribution >= 0.6 is 23.1 Å². The van der Waals surface area contributed by atoms with Gasteiger partial charge >= 0.3 is 6.03 Å². The van der Waals surface area contributed by atoms with Gasteiger partial charge in [0, 0.05) is 37.7 Å². The lowest BCUT2D eigenvalue weighted by atomic mass is 10.2. The third-order valence-corrected chi connectivity index (χ3v) is 6.00. The molecule has 8 heteroatoms. The minimum absolute atomic E-state index is 0.116. The number of anilines is 1. The van der Waals surface area contributed by atoms with Crippen molar-refractivity contribution in [1.29, 1.82) is 0 Å². The predicted octanol–water partition coefficient (Wildman–Crippen LogP) is 4.01. The van der Waals surface area contributed by atoms with E-state index in [4.69, 9.17) is 0 Å². The van der Waals surface area contributed by atoms with Crippen LogP contribution < -0.4 is 5.32 Å². The second-order valence-corrected chi connectivity index (χ2v) is 8.47. The Morgan fingerprint density at radius 3 is 2.81 bits per heavy atom. The highest BCUT2D eigenvalue weighted by molar-refractivity contribution is 8.00. The number of benzene rings is 1. The van der Waals surface area contributed by atoms with Crippen molar-refractivity contribution in [1.82, 2.24) is 19.8 Å². The summed E-state index contributed by atoms with van der Waals surface area (Å²) >= 11 is 3.27. The fourth-order valence-electron chi connectivity index (χ4n) is 2.56. The quantitative estimate of drug-likeness (QED) is 0.606. The molecule has 0 aliphatic rings. The molecule has 0 saturated carbocycles. The first-order chi connectivity index (χ1) is 13.0. The van der Waals surface area contributed by atoms with Crippen LogP contribution in [0.5, 0.6) is 0 Å². The van der Waals surface area contributed by atoms with Crippen molar-refractivity contribution in [2.24, 2.45) is 0 Å².